The molecule has 0 aromatic heterocycles. The minimum Gasteiger partial charge on any atom is -0.391 e. The number of rotatable bonds is 6. The molecular formula is C7H18O3Si. The summed E-state index contributed by atoms with van der Waals surface area (Å²) in [6.07, 6.45) is 0.0184. The van der Waals surface area contributed by atoms with E-state index < -0.39 is 15.1 Å². The van der Waals surface area contributed by atoms with Crippen molar-refractivity contribution >= 4 is 8.80 Å². The monoisotopic (exact) mass is 178 g/mol. The van der Waals surface area contributed by atoms with Gasteiger partial charge in [-0.2, -0.15) is 0 Å². The van der Waals surface area contributed by atoms with Crippen molar-refractivity contribution < 1.29 is 14.9 Å². The Kier molecular flexibility index (Phi) is 6.85. The Morgan fingerprint density at radius 1 is 1.45 bits per heavy atom. The maximum Gasteiger partial charge on any atom is 0.177 e. The van der Waals surface area contributed by atoms with Crippen LogP contribution in [0.5, 0.6) is 0 Å². The fraction of sp³-hybridized carbons (Fsp3) is 1.00. The van der Waals surface area contributed by atoms with E-state index in [-0.39, 0.29) is 6.61 Å². The van der Waals surface area contributed by atoms with Crippen LogP contribution >= 0.6 is 0 Å². The highest BCUT2D eigenvalue weighted by Gasteiger charge is 2.01. The Bertz CT molecular complexity index is 87.8. The first-order valence-corrected chi connectivity index (χ1v) is 7.20. The maximum atomic E-state index is 8.76. The van der Waals surface area contributed by atoms with E-state index in [2.05, 4.69) is 13.1 Å². The van der Waals surface area contributed by atoms with Crippen LogP contribution in [0.4, 0.5) is 0 Å². The topological polar surface area (TPSA) is 49.7 Å². The summed E-state index contributed by atoms with van der Waals surface area (Å²) in [5.41, 5.74) is 0. The second kappa shape index (κ2) is 6.79. The van der Waals surface area contributed by atoms with Crippen molar-refractivity contribution in [3.8, 4) is 0 Å². The highest BCUT2D eigenvalue weighted by Crippen LogP contribution is 1.98. The standard InChI is InChI=1S/C7H18O3Si/c1-11(2)5-3-4-10-7(9)6-8/h7-9,11H,3-6H2,1-2H3. The summed E-state index contributed by atoms with van der Waals surface area (Å²) in [4.78, 5) is 0. The molecule has 0 aliphatic rings. The summed E-state index contributed by atoms with van der Waals surface area (Å²) in [5.74, 6) is 0. The summed E-state index contributed by atoms with van der Waals surface area (Å²) in [5, 5.41) is 17.1. The fourth-order valence-electron chi connectivity index (χ4n) is 0.764. The van der Waals surface area contributed by atoms with Gasteiger partial charge in [-0.3, -0.25) is 0 Å². The molecule has 0 aliphatic carbocycles. The summed E-state index contributed by atoms with van der Waals surface area (Å²) < 4.78 is 4.87. The molecule has 0 aliphatic heterocycles. The van der Waals surface area contributed by atoms with E-state index >= 15 is 0 Å². The lowest BCUT2D eigenvalue weighted by Crippen LogP contribution is -2.17. The van der Waals surface area contributed by atoms with Crippen molar-refractivity contribution in [2.24, 2.45) is 0 Å². The van der Waals surface area contributed by atoms with Gasteiger partial charge < -0.3 is 14.9 Å². The molecule has 3 nitrogen and oxygen atoms in total. The molecule has 0 rings (SSSR count). The van der Waals surface area contributed by atoms with Crippen molar-refractivity contribution in [1.29, 1.82) is 0 Å². The molecule has 0 radical (unpaired) electrons. The van der Waals surface area contributed by atoms with Crippen LogP contribution in [-0.2, 0) is 4.74 Å². The van der Waals surface area contributed by atoms with Crippen LogP contribution in [0.15, 0.2) is 0 Å². The predicted molar refractivity (Wildman–Crippen MR) is 47.3 cm³/mol. The smallest absolute Gasteiger partial charge is 0.177 e. The van der Waals surface area contributed by atoms with Crippen LogP contribution in [0.3, 0.4) is 0 Å². The molecule has 0 bridgehead atoms. The highest BCUT2D eigenvalue weighted by atomic mass is 28.3. The molecule has 0 amide bonds. The van der Waals surface area contributed by atoms with E-state index in [0.717, 1.165) is 6.42 Å². The molecule has 0 aromatic carbocycles. The molecule has 0 spiro atoms. The average molecular weight is 178 g/mol. The van der Waals surface area contributed by atoms with Gasteiger partial charge in [0.15, 0.2) is 6.29 Å². The molecule has 68 valence electrons. The molecular weight excluding hydrogens is 160 g/mol. The SMILES string of the molecule is C[SiH](C)CCCOC(O)CO. The first-order valence-electron chi connectivity index (χ1n) is 4.07. The second-order valence-electron chi connectivity index (χ2n) is 3.04. The molecule has 0 fully saturated rings. The number of hydrogen-bond acceptors (Lipinski definition) is 3. The van der Waals surface area contributed by atoms with E-state index in [1.807, 2.05) is 0 Å². The predicted octanol–water partition coefficient (Wildman–Crippen LogP) is 0.191. The van der Waals surface area contributed by atoms with Crippen LogP contribution in [0.1, 0.15) is 6.42 Å². The molecule has 4 heteroatoms. The van der Waals surface area contributed by atoms with Crippen LogP contribution in [0.25, 0.3) is 0 Å². The van der Waals surface area contributed by atoms with Crippen molar-refractivity contribution in [3.05, 3.63) is 0 Å². The van der Waals surface area contributed by atoms with Gasteiger partial charge in [-0.05, 0) is 6.42 Å². The largest absolute Gasteiger partial charge is 0.391 e. The summed E-state index contributed by atoms with van der Waals surface area (Å²) >= 11 is 0. The zero-order valence-electron chi connectivity index (χ0n) is 7.29. The number of aliphatic hydroxyl groups excluding tert-OH is 2. The molecule has 0 saturated heterocycles. The average Bonchev–Trinajstić information content (AvgIpc) is 1.97. The Labute approximate surface area is 69.6 Å². The summed E-state index contributed by atoms with van der Waals surface area (Å²) in [6.45, 7) is 4.82. The third kappa shape index (κ3) is 8.00. The number of ether oxygens (including phenoxy) is 1. The first-order chi connectivity index (χ1) is 5.16. The van der Waals surface area contributed by atoms with Gasteiger partial charge in [0.1, 0.15) is 0 Å². The molecule has 11 heavy (non-hydrogen) atoms. The van der Waals surface area contributed by atoms with Crippen molar-refractivity contribution in [3.63, 3.8) is 0 Å². The van der Waals surface area contributed by atoms with E-state index in [1.54, 1.807) is 0 Å². The second-order valence-corrected chi connectivity index (χ2v) is 6.41. The Hall–Kier alpha value is 0.0969. The van der Waals surface area contributed by atoms with Crippen molar-refractivity contribution in [2.75, 3.05) is 13.2 Å². The van der Waals surface area contributed by atoms with Crippen LogP contribution < -0.4 is 0 Å². The lowest BCUT2D eigenvalue weighted by molar-refractivity contribution is -0.124. The normalized spacial score (nSPS) is 13.9. The third-order valence-corrected chi connectivity index (χ3v) is 2.96. The molecule has 0 aromatic rings. The van der Waals surface area contributed by atoms with Gasteiger partial charge in [-0.1, -0.05) is 19.1 Å². The first kappa shape index (κ1) is 11.1. The molecule has 1 atom stereocenters. The zero-order valence-corrected chi connectivity index (χ0v) is 8.44. The third-order valence-electron chi connectivity index (χ3n) is 1.39. The summed E-state index contributed by atoms with van der Waals surface area (Å²) in [7, 11) is -0.467. The fourth-order valence-corrected chi connectivity index (χ4v) is 1.75. The Balaban J connectivity index is 3.01. The minimum absolute atomic E-state index is 0.306. The highest BCUT2D eigenvalue weighted by molar-refractivity contribution is 6.55. The lowest BCUT2D eigenvalue weighted by Gasteiger charge is -2.08. The van der Waals surface area contributed by atoms with Gasteiger partial charge in [0, 0.05) is 15.4 Å². The van der Waals surface area contributed by atoms with Crippen LogP contribution in [-0.4, -0.2) is 38.5 Å². The van der Waals surface area contributed by atoms with E-state index in [1.165, 1.54) is 6.04 Å². The van der Waals surface area contributed by atoms with Crippen molar-refractivity contribution in [1.82, 2.24) is 0 Å². The van der Waals surface area contributed by atoms with E-state index in [4.69, 9.17) is 14.9 Å². The number of aliphatic hydroxyl groups is 2. The molecule has 0 saturated carbocycles. The Morgan fingerprint density at radius 2 is 2.09 bits per heavy atom. The van der Waals surface area contributed by atoms with Gasteiger partial charge in [0.2, 0.25) is 0 Å². The quantitative estimate of drug-likeness (QED) is 0.347. The molecule has 2 N–H and O–H groups in total. The van der Waals surface area contributed by atoms with E-state index in [0.29, 0.717) is 6.61 Å². The number of hydrogen-bond donors (Lipinski definition) is 2. The van der Waals surface area contributed by atoms with E-state index in [9.17, 15) is 0 Å². The Morgan fingerprint density at radius 3 is 2.55 bits per heavy atom. The van der Waals surface area contributed by atoms with Gasteiger partial charge in [0.05, 0.1) is 6.61 Å². The minimum atomic E-state index is -0.983. The van der Waals surface area contributed by atoms with Crippen molar-refractivity contribution in [2.45, 2.75) is 31.8 Å². The zero-order chi connectivity index (χ0) is 8.69. The van der Waals surface area contributed by atoms with Crippen LogP contribution in [0, 0.1) is 0 Å². The van der Waals surface area contributed by atoms with Gasteiger partial charge in [0.25, 0.3) is 0 Å². The van der Waals surface area contributed by atoms with Gasteiger partial charge in [-0.25, -0.2) is 0 Å². The van der Waals surface area contributed by atoms with Gasteiger partial charge in [-0.15, -0.1) is 0 Å². The lowest BCUT2D eigenvalue weighted by atomic mass is 10.5. The maximum absolute atomic E-state index is 8.76. The van der Waals surface area contributed by atoms with Crippen LogP contribution in [0.2, 0.25) is 19.1 Å². The molecule has 1 unspecified atom stereocenters. The van der Waals surface area contributed by atoms with Gasteiger partial charge >= 0.3 is 0 Å². The molecule has 0 heterocycles. The summed E-state index contributed by atoms with van der Waals surface area (Å²) in [6, 6.07) is 1.23.